The number of pyridine rings is 1. The molecule has 100 valence electrons. The Kier molecular flexibility index (Phi) is 4.12. The van der Waals surface area contributed by atoms with Crippen LogP contribution in [0, 0.1) is 0 Å². The van der Waals surface area contributed by atoms with E-state index in [0.29, 0.717) is 18.1 Å². The number of aromatic nitrogens is 3. The third-order valence-electron chi connectivity index (χ3n) is 2.61. The van der Waals surface area contributed by atoms with Gasteiger partial charge in [0.1, 0.15) is 17.3 Å². The van der Waals surface area contributed by atoms with Gasteiger partial charge in [-0.1, -0.05) is 6.07 Å². The van der Waals surface area contributed by atoms with Gasteiger partial charge < -0.3 is 15.2 Å². The summed E-state index contributed by atoms with van der Waals surface area (Å²) in [5.74, 6) is 1.33. The molecule has 0 bridgehead atoms. The first-order chi connectivity index (χ1) is 9.20. The molecule has 6 heteroatoms. The number of nitrogens with one attached hydrogen (secondary N) is 2. The number of amides is 1. The quantitative estimate of drug-likeness (QED) is 0.853. The van der Waals surface area contributed by atoms with Gasteiger partial charge in [0, 0.05) is 26.0 Å². The van der Waals surface area contributed by atoms with Gasteiger partial charge in [-0.2, -0.15) is 0 Å². The van der Waals surface area contributed by atoms with Crippen molar-refractivity contribution in [1.82, 2.24) is 19.9 Å². The molecule has 0 aliphatic carbocycles. The summed E-state index contributed by atoms with van der Waals surface area (Å²) in [6.45, 7) is 3.19. The summed E-state index contributed by atoms with van der Waals surface area (Å²) < 4.78 is 0. The number of rotatable bonds is 5. The van der Waals surface area contributed by atoms with Crippen LogP contribution in [-0.4, -0.2) is 39.4 Å². The molecule has 0 unspecified atom stereocenters. The van der Waals surface area contributed by atoms with Crippen molar-refractivity contribution in [2.75, 3.05) is 18.9 Å². The Labute approximate surface area is 111 Å². The molecule has 0 saturated heterocycles. The van der Waals surface area contributed by atoms with Crippen LogP contribution in [0.2, 0.25) is 0 Å². The summed E-state index contributed by atoms with van der Waals surface area (Å²) in [5.41, 5.74) is 0.424. The van der Waals surface area contributed by atoms with Crippen molar-refractivity contribution in [2.45, 2.75) is 13.5 Å². The average molecular weight is 259 g/mol. The van der Waals surface area contributed by atoms with Gasteiger partial charge in [-0.25, -0.2) is 9.97 Å². The normalized spacial score (nSPS) is 10.2. The van der Waals surface area contributed by atoms with Crippen molar-refractivity contribution < 1.29 is 4.79 Å². The fraction of sp³-hybridized carbons (Fsp3) is 0.308. The van der Waals surface area contributed by atoms with Crippen LogP contribution >= 0.6 is 0 Å². The van der Waals surface area contributed by atoms with Crippen LogP contribution in [0.5, 0.6) is 0 Å². The molecule has 0 fully saturated rings. The Morgan fingerprint density at radius 3 is 3.00 bits per heavy atom. The van der Waals surface area contributed by atoms with E-state index in [1.165, 1.54) is 0 Å². The molecule has 2 aromatic rings. The van der Waals surface area contributed by atoms with Crippen LogP contribution in [0.4, 0.5) is 5.82 Å². The predicted octanol–water partition coefficient (Wildman–Crippen LogP) is 1.51. The number of carbonyl (C=O) groups excluding carboxylic acids is 1. The lowest BCUT2D eigenvalue weighted by atomic mass is 10.3. The van der Waals surface area contributed by atoms with Gasteiger partial charge in [-0.05, 0) is 19.1 Å². The van der Waals surface area contributed by atoms with Crippen molar-refractivity contribution in [3.8, 4) is 0 Å². The average Bonchev–Trinajstić information content (AvgIpc) is 2.91. The van der Waals surface area contributed by atoms with Crippen molar-refractivity contribution in [1.29, 1.82) is 0 Å². The number of hydrogen-bond donors (Lipinski definition) is 2. The molecule has 0 atom stereocenters. The lowest BCUT2D eigenvalue weighted by Crippen LogP contribution is -2.27. The highest BCUT2D eigenvalue weighted by molar-refractivity contribution is 5.92. The lowest BCUT2D eigenvalue weighted by molar-refractivity contribution is 0.0776. The maximum absolute atomic E-state index is 12.2. The van der Waals surface area contributed by atoms with E-state index < -0.39 is 0 Å². The van der Waals surface area contributed by atoms with E-state index in [0.717, 1.165) is 12.4 Å². The zero-order chi connectivity index (χ0) is 13.7. The predicted molar refractivity (Wildman–Crippen MR) is 72.8 cm³/mol. The van der Waals surface area contributed by atoms with Crippen molar-refractivity contribution in [3.63, 3.8) is 0 Å². The van der Waals surface area contributed by atoms with Crippen molar-refractivity contribution in [3.05, 3.63) is 42.1 Å². The molecule has 0 radical (unpaired) electrons. The van der Waals surface area contributed by atoms with Crippen LogP contribution in [0.1, 0.15) is 23.2 Å². The van der Waals surface area contributed by atoms with Crippen LogP contribution in [0.15, 0.2) is 30.6 Å². The van der Waals surface area contributed by atoms with Gasteiger partial charge in [0.2, 0.25) is 0 Å². The second kappa shape index (κ2) is 5.99. The Hall–Kier alpha value is -2.37. The third-order valence-corrected chi connectivity index (χ3v) is 2.61. The van der Waals surface area contributed by atoms with E-state index in [2.05, 4.69) is 20.3 Å². The standard InChI is InChI=1S/C13H17N5O/c1-3-14-11-6-4-5-10(17-11)13(19)18(2)9-12-15-7-8-16-12/h4-8H,3,9H2,1-2H3,(H,14,17)(H,15,16). The Bertz CT molecular complexity index is 538. The monoisotopic (exact) mass is 259 g/mol. The van der Waals surface area contributed by atoms with E-state index in [4.69, 9.17) is 0 Å². The maximum Gasteiger partial charge on any atom is 0.272 e. The van der Waals surface area contributed by atoms with Gasteiger partial charge in [0.15, 0.2) is 0 Å². The largest absolute Gasteiger partial charge is 0.370 e. The van der Waals surface area contributed by atoms with Gasteiger partial charge in [0.05, 0.1) is 6.54 Å². The molecular weight excluding hydrogens is 242 g/mol. The second-order valence-electron chi connectivity index (χ2n) is 4.14. The zero-order valence-electron chi connectivity index (χ0n) is 11.1. The highest BCUT2D eigenvalue weighted by Gasteiger charge is 2.14. The van der Waals surface area contributed by atoms with Gasteiger partial charge in [0.25, 0.3) is 5.91 Å². The summed E-state index contributed by atoms with van der Waals surface area (Å²) in [4.78, 5) is 25.1. The van der Waals surface area contributed by atoms with Crippen LogP contribution in [-0.2, 0) is 6.54 Å². The number of imidazole rings is 1. The first-order valence-corrected chi connectivity index (χ1v) is 6.15. The van der Waals surface area contributed by atoms with Gasteiger partial charge in [-0.3, -0.25) is 4.79 Å². The fourth-order valence-electron chi connectivity index (χ4n) is 1.71. The molecule has 1 amide bonds. The van der Waals surface area contributed by atoms with Crippen LogP contribution in [0.3, 0.4) is 0 Å². The summed E-state index contributed by atoms with van der Waals surface area (Å²) in [6, 6.07) is 5.37. The number of carbonyl (C=O) groups is 1. The molecule has 2 heterocycles. The third kappa shape index (κ3) is 3.31. The molecule has 0 aromatic carbocycles. The lowest BCUT2D eigenvalue weighted by Gasteiger charge is -2.15. The SMILES string of the molecule is CCNc1cccc(C(=O)N(C)Cc2ncc[nH]2)n1. The maximum atomic E-state index is 12.2. The highest BCUT2D eigenvalue weighted by Crippen LogP contribution is 2.08. The minimum atomic E-state index is -0.129. The van der Waals surface area contributed by atoms with E-state index in [1.54, 1.807) is 30.4 Å². The molecular formula is C13H17N5O. The second-order valence-corrected chi connectivity index (χ2v) is 4.14. The van der Waals surface area contributed by atoms with E-state index in [9.17, 15) is 4.79 Å². The molecule has 19 heavy (non-hydrogen) atoms. The Morgan fingerprint density at radius 1 is 1.47 bits per heavy atom. The Morgan fingerprint density at radius 2 is 2.32 bits per heavy atom. The van der Waals surface area contributed by atoms with Crippen molar-refractivity contribution >= 4 is 11.7 Å². The van der Waals surface area contributed by atoms with E-state index >= 15 is 0 Å². The van der Waals surface area contributed by atoms with E-state index in [-0.39, 0.29) is 5.91 Å². The number of nitrogens with zero attached hydrogens (tertiary/aromatic N) is 3. The number of aromatic amines is 1. The molecule has 2 rings (SSSR count). The molecule has 2 aromatic heterocycles. The summed E-state index contributed by atoms with van der Waals surface area (Å²) in [5, 5.41) is 3.09. The first-order valence-electron chi connectivity index (χ1n) is 6.15. The minimum Gasteiger partial charge on any atom is -0.370 e. The van der Waals surface area contributed by atoms with Gasteiger partial charge >= 0.3 is 0 Å². The first kappa shape index (κ1) is 13.1. The highest BCUT2D eigenvalue weighted by atomic mass is 16.2. The molecule has 0 saturated carbocycles. The molecule has 0 aliphatic rings. The minimum absolute atomic E-state index is 0.129. The molecule has 0 spiro atoms. The fourth-order valence-corrected chi connectivity index (χ4v) is 1.71. The molecule has 6 nitrogen and oxygen atoms in total. The number of hydrogen-bond acceptors (Lipinski definition) is 4. The van der Waals surface area contributed by atoms with Crippen LogP contribution in [0.25, 0.3) is 0 Å². The van der Waals surface area contributed by atoms with Crippen molar-refractivity contribution in [2.24, 2.45) is 0 Å². The zero-order valence-corrected chi connectivity index (χ0v) is 11.1. The summed E-state index contributed by atoms with van der Waals surface area (Å²) >= 11 is 0. The van der Waals surface area contributed by atoms with Crippen LogP contribution < -0.4 is 5.32 Å². The molecule has 2 N–H and O–H groups in total. The Balaban J connectivity index is 2.08. The summed E-state index contributed by atoms with van der Waals surface area (Å²) in [7, 11) is 1.73. The van der Waals surface area contributed by atoms with E-state index in [1.807, 2.05) is 19.1 Å². The molecule has 0 aliphatic heterocycles. The van der Waals surface area contributed by atoms with Gasteiger partial charge in [-0.15, -0.1) is 0 Å². The summed E-state index contributed by atoms with van der Waals surface area (Å²) in [6.07, 6.45) is 3.40. The number of H-pyrrole nitrogens is 1. The smallest absolute Gasteiger partial charge is 0.272 e. The number of anilines is 1. The topological polar surface area (TPSA) is 73.9 Å².